The maximum Gasteiger partial charge on any atom is 0.408 e. The van der Waals surface area contributed by atoms with E-state index >= 15 is 0 Å². The zero-order valence-corrected chi connectivity index (χ0v) is 7.99. The van der Waals surface area contributed by atoms with Crippen molar-refractivity contribution in [3.05, 3.63) is 0 Å². The van der Waals surface area contributed by atoms with E-state index in [0.717, 1.165) is 19.3 Å². The first-order valence-corrected chi connectivity index (χ1v) is 4.77. The van der Waals surface area contributed by atoms with Crippen molar-refractivity contribution >= 4 is 12.1 Å². The SMILES string of the molecule is COC(=O)C1NC(=O)OC1C1CCC1. The number of nitrogens with one attached hydrogen (secondary N) is 1. The lowest BCUT2D eigenvalue weighted by atomic mass is 9.79. The molecule has 2 unspecified atom stereocenters. The first-order valence-electron chi connectivity index (χ1n) is 4.77. The number of cyclic esters (lactones) is 1. The highest BCUT2D eigenvalue weighted by Crippen LogP contribution is 2.34. The van der Waals surface area contributed by atoms with E-state index < -0.39 is 18.1 Å². The summed E-state index contributed by atoms with van der Waals surface area (Å²) in [5.41, 5.74) is 0. The van der Waals surface area contributed by atoms with Crippen LogP contribution in [-0.4, -0.2) is 31.3 Å². The number of carbonyl (C=O) groups is 2. The molecule has 2 rings (SSSR count). The van der Waals surface area contributed by atoms with Gasteiger partial charge in [0, 0.05) is 0 Å². The van der Waals surface area contributed by atoms with Crippen LogP contribution in [0.4, 0.5) is 4.79 Å². The summed E-state index contributed by atoms with van der Waals surface area (Å²) in [6.45, 7) is 0. The zero-order valence-electron chi connectivity index (χ0n) is 7.99. The van der Waals surface area contributed by atoms with Crippen LogP contribution < -0.4 is 5.32 Å². The lowest BCUT2D eigenvalue weighted by Crippen LogP contribution is -2.45. The first kappa shape index (κ1) is 9.30. The van der Waals surface area contributed by atoms with Crippen LogP contribution in [0.1, 0.15) is 19.3 Å². The van der Waals surface area contributed by atoms with Gasteiger partial charge >= 0.3 is 12.1 Å². The predicted molar refractivity (Wildman–Crippen MR) is 46.5 cm³/mol. The van der Waals surface area contributed by atoms with Crippen LogP contribution >= 0.6 is 0 Å². The van der Waals surface area contributed by atoms with Crippen LogP contribution in [0.25, 0.3) is 0 Å². The number of hydrogen-bond donors (Lipinski definition) is 1. The van der Waals surface area contributed by atoms with Crippen molar-refractivity contribution in [2.24, 2.45) is 5.92 Å². The summed E-state index contributed by atoms with van der Waals surface area (Å²) in [5.74, 6) is -0.106. The van der Waals surface area contributed by atoms with E-state index in [1.807, 2.05) is 0 Å². The Bertz CT molecular complexity index is 262. The lowest BCUT2D eigenvalue weighted by Gasteiger charge is -2.31. The van der Waals surface area contributed by atoms with Gasteiger partial charge in [-0.05, 0) is 18.8 Å². The highest BCUT2D eigenvalue weighted by Gasteiger charge is 2.46. The van der Waals surface area contributed by atoms with E-state index in [4.69, 9.17) is 4.74 Å². The van der Waals surface area contributed by atoms with E-state index in [1.54, 1.807) is 0 Å². The van der Waals surface area contributed by atoms with Crippen molar-refractivity contribution in [3.63, 3.8) is 0 Å². The summed E-state index contributed by atoms with van der Waals surface area (Å²) < 4.78 is 9.65. The second-order valence-electron chi connectivity index (χ2n) is 3.71. The van der Waals surface area contributed by atoms with E-state index in [9.17, 15) is 9.59 Å². The molecule has 0 radical (unpaired) electrons. The van der Waals surface area contributed by atoms with E-state index in [-0.39, 0.29) is 6.10 Å². The Balaban J connectivity index is 2.05. The summed E-state index contributed by atoms with van der Waals surface area (Å²) >= 11 is 0. The molecule has 2 aliphatic rings. The van der Waals surface area contributed by atoms with Crippen LogP contribution in [0, 0.1) is 5.92 Å². The molecular weight excluding hydrogens is 186 g/mol. The van der Waals surface area contributed by atoms with Gasteiger partial charge in [-0.15, -0.1) is 0 Å². The largest absolute Gasteiger partial charge is 0.467 e. The molecule has 0 spiro atoms. The van der Waals surface area contributed by atoms with Gasteiger partial charge in [-0.2, -0.15) is 0 Å². The second kappa shape index (κ2) is 3.48. The molecule has 0 bridgehead atoms. The van der Waals surface area contributed by atoms with Crippen LogP contribution in [0.5, 0.6) is 0 Å². The van der Waals surface area contributed by atoms with Crippen molar-refractivity contribution in [1.29, 1.82) is 0 Å². The third kappa shape index (κ3) is 1.42. The summed E-state index contributed by atoms with van der Waals surface area (Å²) in [7, 11) is 1.31. The van der Waals surface area contributed by atoms with Gasteiger partial charge in [0.25, 0.3) is 0 Å². The molecule has 1 heterocycles. The van der Waals surface area contributed by atoms with E-state index in [0.29, 0.717) is 5.92 Å². The van der Waals surface area contributed by atoms with E-state index in [2.05, 4.69) is 10.1 Å². The molecule has 1 aliphatic carbocycles. The average molecular weight is 199 g/mol. The molecule has 1 amide bonds. The Morgan fingerprint density at radius 1 is 1.57 bits per heavy atom. The maximum absolute atomic E-state index is 11.3. The molecule has 78 valence electrons. The summed E-state index contributed by atoms with van der Waals surface area (Å²) in [4.78, 5) is 22.3. The summed E-state index contributed by atoms with van der Waals surface area (Å²) in [6.07, 6.45) is 2.34. The van der Waals surface area contributed by atoms with Gasteiger partial charge in [0.05, 0.1) is 7.11 Å². The van der Waals surface area contributed by atoms with Crippen LogP contribution in [-0.2, 0) is 14.3 Å². The minimum absolute atomic E-state index is 0.318. The van der Waals surface area contributed by atoms with Crippen molar-refractivity contribution < 1.29 is 19.1 Å². The molecule has 5 heteroatoms. The number of rotatable bonds is 2. The van der Waals surface area contributed by atoms with Crippen molar-refractivity contribution in [2.75, 3.05) is 7.11 Å². The van der Waals surface area contributed by atoms with Gasteiger partial charge < -0.3 is 14.8 Å². The lowest BCUT2D eigenvalue weighted by molar-refractivity contribution is -0.145. The van der Waals surface area contributed by atoms with Gasteiger partial charge in [-0.25, -0.2) is 9.59 Å². The quantitative estimate of drug-likeness (QED) is 0.655. The number of alkyl carbamates (subject to hydrolysis) is 1. The molecule has 0 aromatic carbocycles. The predicted octanol–water partition coefficient (Wildman–Crippen LogP) is 0.436. The van der Waals surface area contributed by atoms with Crippen molar-refractivity contribution in [1.82, 2.24) is 5.32 Å². The smallest absolute Gasteiger partial charge is 0.408 e. The molecule has 0 aromatic rings. The number of amides is 1. The fraction of sp³-hybridized carbons (Fsp3) is 0.778. The monoisotopic (exact) mass is 199 g/mol. The molecule has 0 aromatic heterocycles. The molecular formula is C9H13NO4. The third-order valence-corrected chi connectivity index (χ3v) is 2.91. The molecule has 1 aliphatic heterocycles. The van der Waals surface area contributed by atoms with E-state index in [1.165, 1.54) is 7.11 Å². The highest BCUT2D eigenvalue weighted by atomic mass is 16.6. The van der Waals surface area contributed by atoms with Crippen LogP contribution in [0.3, 0.4) is 0 Å². The topological polar surface area (TPSA) is 64.6 Å². The average Bonchev–Trinajstić information content (AvgIpc) is 2.43. The number of ether oxygens (including phenoxy) is 2. The van der Waals surface area contributed by atoms with Gasteiger partial charge in [0.2, 0.25) is 0 Å². The van der Waals surface area contributed by atoms with Crippen LogP contribution in [0.2, 0.25) is 0 Å². The van der Waals surface area contributed by atoms with Gasteiger partial charge in [-0.3, -0.25) is 0 Å². The fourth-order valence-corrected chi connectivity index (χ4v) is 1.89. The Morgan fingerprint density at radius 2 is 2.29 bits per heavy atom. The standard InChI is InChI=1S/C9H13NO4/c1-13-8(11)6-7(5-3-2-4-5)14-9(12)10-6/h5-7H,2-4H2,1H3,(H,10,12). The Kier molecular flexibility index (Phi) is 2.31. The first-order chi connectivity index (χ1) is 6.72. The molecule has 1 saturated heterocycles. The Morgan fingerprint density at radius 3 is 2.79 bits per heavy atom. The number of methoxy groups -OCH3 is 1. The molecule has 1 N–H and O–H groups in total. The molecule has 14 heavy (non-hydrogen) atoms. The molecule has 1 saturated carbocycles. The van der Waals surface area contributed by atoms with Gasteiger partial charge in [0.1, 0.15) is 6.10 Å². The third-order valence-electron chi connectivity index (χ3n) is 2.91. The van der Waals surface area contributed by atoms with Gasteiger partial charge in [-0.1, -0.05) is 6.42 Å². The van der Waals surface area contributed by atoms with Crippen LogP contribution in [0.15, 0.2) is 0 Å². The van der Waals surface area contributed by atoms with Crippen molar-refractivity contribution in [2.45, 2.75) is 31.4 Å². The maximum atomic E-state index is 11.3. The molecule has 2 fully saturated rings. The van der Waals surface area contributed by atoms with Gasteiger partial charge in [0.15, 0.2) is 6.04 Å². The van der Waals surface area contributed by atoms with Crippen molar-refractivity contribution in [3.8, 4) is 0 Å². The fourth-order valence-electron chi connectivity index (χ4n) is 1.89. The Hall–Kier alpha value is -1.26. The number of esters is 1. The number of carbonyl (C=O) groups excluding carboxylic acids is 2. The second-order valence-corrected chi connectivity index (χ2v) is 3.71. The Labute approximate surface area is 81.7 Å². The molecule has 2 atom stereocenters. The molecule has 5 nitrogen and oxygen atoms in total. The normalized spacial score (nSPS) is 31.6. The number of hydrogen-bond acceptors (Lipinski definition) is 4. The zero-order chi connectivity index (χ0) is 10.1. The minimum Gasteiger partial charge on any atom is -0.467 e. The summed E-state index contributed by atoms with van der Waals surface area (Å²) in [5, 5.41) is 2.47. The minimum atomic E-state index is -0.613. The summed E-state index contributed by atoms with van der Waals surface area (Å²) in [6, 6.07) is -0.613. The highest BCUT2D eigenvalue weighted by molar-refractivity contribution is 5.84.